The van der Waals surface area contributed by atoms with Crippen LogP contribution < -0.4 is 9.47 Å². The van der Waals surface area contributed by atoms with Crippen molar-refractivity contribution in [2.45, 2.75) is 94.9 Å². The molecule has 0 heterocycles. The number of hydrogen-bond acceptors (Lipinski definition) is 8. The summed E-state index contributed by atoms with van der Waals surface area (Å²) in [4.78, 5) is 25.2. The standard InChI is InChI=1S/C44H52O8/c1-11-49-39(45)21-51-43-33-15-25(5)29(9)37(43)17-31-13-23(3)28(8)36(41(31)47)20-34-16-26(6)30(10)38(44(34)52-22-40(46)50-12-2)18-32-14-24(4)27(7)35(19-33)42(32)48/h13-16,47-48H,11-12,17-22H2,1-10H3. The topological polar surface area (TPSA) is 112 Å². The highest BCUT2D eigenvalue weighted by molar-refractivity contribution is 5.72. The number of aryl methyl sites for hydroxylation is 4. The monoisotopic (exact) mass is 708 g/mol. The second kappa shape index (κ2) is 15.7. The van der Waals surface area contributed by atoms with Gasteiger partial charge in [0.2, 0.25) is 0 Å². The first kappa shape index (κ1) is 38.3. The van der Waals surface area contributed by atoms with Gasteiger partial charge in [-0.15, -0.1) is 0 Å². The molecule has 0 unspecified atom stereocenters. The Hall–Kier alpha value is -4.98. The van der Waals surface area contributed by atoms with Crippen LogP contribution >= 0.6 is 0 Å². The van der Waals surface area contributed by atoms with Gasteiger partial charge in [0, 0.05) is 47.9 Å². The van der Waals surface area contributed by atoms with Crippen LogP contribution in [0.3, 0.4) is 0 Å². The van der Waals surface area contributed by atoms with Gasteiger partial charge in [-0.2, -0.15) is 0 Å². The number of esters is 2. The van der Waals surface area contributed by atoms with Gasteiger partial charge in [0.15, 0.2) is 13.2 Å². The van der Waals surface area contributed by atoms with Crippen molar-refractivity contribution < 1.29 is 38.7 Å². The maximum Gasteiger partial charge on any atom is 0.344 e. The van der Waals surface area contributed by atoms with Crippen molar-refractivity contribution in [1.82, 2.24) is 0 Å². The minimum atomic E-state index is -0.472. The fraction of sp³-hybridized carbons (Fsp3) is 0.409. The molecule has 0 spiro atoms. The number of fused-ring (bicyclic) bond motifs is 8. The van der Waals surface area contributed by atoms with E-state index in [4.69, 9.17) is 18.9 Å². The van der Waals surface area contributed by atoms with E-state index in [0.717, 1.165) is 89.0 Å². The van der Waals surface area contributed by atoms with E-state index < -0.39 is 11.9 Å². The molecule has 0 amide bonds. The zero-order valence-corrected chi connectivity index (χ0v) is 32.3. The van der Waals surface area contributed by atoms with Crippen LogP contribution in [0.4, 0.5) is 0 Å². The molecule has 52 heavy (non-hydrogen) atoms. The summed E-state index contributed by atoms with van der Waals surface area (Å²) in [6.45, 7) is 19.7. The van der Waals surface area contributed by atoms with Gasteiger partial charge >= 0.3 is 11.9 Å². The van der Waals surface area contributed by atoms with Crippen LogP contribution in [0, 0.1) is 55.4 Å². The summed E-state index contributed by atoms with van der Waals surface area (Å²) in [6.07, 6.45) is 1.36. The molecule has 0 radical (unpaired) electrons. The van der Waals surface area contributed by atoms with Crippen molar-refractivity contribution >= 4 is 11.9 Å². The van der Waals surface area contributed by atoms with E-state index in [1.807, 2.05) is 67.5 Å². The summed E-state index contributed by atoms with van der Waals surface area (Å²) >= 11 is 0. The van der Waals surface area contributed by atoms with Gasteiger partial charge in [-0.05, 0) is 136 Å². The number of benzene rings is 4. The maximum absolute atomic E-state index is 12.6. The van der Waals surface area contributed by atoms with Crippen LogP contribution in [-0.2, 0) is 44.7 Å². The minimum absolute atomic E-state index is 0.180. The molecule has 1 aliphatic carbocycles. The van der Waals surface area contributed by atoms with E-state index in [2.05, 4.69) is 12.1 Å². The number of phenolic OH excluding ortho intramolecular Hbond substituents is 2. The van der Waals surface area contributed by atoms with Crippen LogP contribution in [0.5, 0.6) is 23.0 Å². The summed E-state index contributed by atoms with van der Waals surface area (Å²) in [5.74, 6) is 0.520. The van der Waals surface area contributed by atoms with Gasteiger partial charge in [-0.1, -0.05) is 24.3 Å². The zero-order valence-electron chi connectivity index (χ0n) is 32.3. The van der Waals surface area contributed by atoms with Crippen LogP contribution in [0.25, 0.3) is 0 Å². The fourth-order valence-electron chi connectivity index (χ4n) is 7.35. The summed E-state index contributed by atoms with van der Waals surface area (Å²) in [5, 5.41) is 24.2. The summed E-state index contributed by atoms with van der Waals surface area (Å²) in [5.41, 5.74) is 14.3. The predicted octanol–water partition coefficient (Wildman–Crippen LogP) is 8.13. The normalized spacial score (nSPS) is 12.3. The molecular formula is C44H52O8. The Morgan fingerprint density at radius 2 is 0.788 bits per heavy atom. The van der Waals surface area contributed by atoms with Crippen molar-refractivity contribution in [3.63, 3.8) is 0 Å². The highest BCUT2D eigenvalue weighted by Gasteiger charge is 2.26. The Morgan fingerprint density at radius 1 is 0.500 bits per heavy atom. The maximum atomic E-state index is 12.6. The molecule has 0 saturated heterocycles. The van der Waals surface area contributed by atoms with Crippen LogP contribution in [0.15, 0.2) is 24.3 Å². The van der Waals surface area contributed by atoms with E-state index in [0.29, 0.717) is 37.2 Å². The molecule has 0 aromatic heterocycles. The Morgan fingerprint density at radius 3 is 1.12 bits per heavy atom. The smallest absolute Gasteiger partial charge is 0.344 e. The first-order chi connectivity index (χ1) is 24.7. The Labute approximate surface area is 307 Å². The molecule has 8 nitrogen and oxygen atoms in total. The number of aromatic hydroxyl groups is 2. The average Bonchev–Trinajstić information content (AvgIpc) is 3.09. The van der Waals surface area contributed by atoms with E-state index in [9.17, 15) is 19.8 Å². The molecule has 1 aliphatic rings. The second-order valence-corrected chi connectivity index (χ2v) is 14.1. The van der Waals surface area contributed by atoms with Gasteiger partial charge in [0.05, 0.1) is 13.2 Å². The van der Waals surface area contributed by atoms with Crippen LogP contribution in [0.1, 0.15) is 103 Å². The lowest BCUT2D eigenvalue weighted by Gasteiger charge is -2.25. The molecule has 4 aromatic rings. The van der Waals surface area contributed by atoms with Gasteiger partial charge in [-0.25, -0.2) is 9.59 Å². The molecule has 0 atom stereocenters. The minimum Gasteiger partial charge on any atom is -0.507 e. The van der Waals surface area contributed by atoms with Crippen molar-refractivity contribution in [2.75, 3.05) is 26.4 Å². The molecular weight excluding hydrogens is 656 g/mol. The molecule has 2 N–H and O–H groups in total. The van der Waals surface area contributed by atoms with E-state index in [-0.39, 0.29) is 37.9 Å². The summed E-state index contributed by atoms with van der Waals surface area (Å²) < 4.78 is 23.2. The lowest BCUT2D eigenvalue weighted by atomic mass is 9.84. The number of phenols is 2. The third-order valence-electron chi connectivity index (χ3n) is 10.8. The number of ether oxygens (including phenoxy) is 4. The SMILES string of the molecule is CCOC(=O)COc1c2cc(C)c(C)c1Cc1cc(C)c(C)c(c1O)Cc1cc(C)c(C)c(c1OCC(=O)OCC)Cc1cc(C)c(C)c(c1O)C2. The molecule has 0 fully saturated rings. The zero-order chi connectivity index (χ0) is 38.0. The second-order valence-electron chi connectivity index (χ2n) is 14.1. The fourth-order valence-corrected chi connectivity index (χ4v) is 7.35. The van der Waals surface area contributed by atoms with E-state index >= 15 is 0 Å². The molecule has 5 rings (SSSR count). The van der Waals surface area contributed by atoms with Crippen LogP contribution in [0.2, 0.25) is 0 Å². The molecule has 8 bridgehead atoms. The van der Waals surface area contributed by atoms with Gasteiger partial charge in [0.1, 0.15) is 23.0 Å². The Bertz CT molecular complexity index is 1910. The number of carbonyl (C=O) groups is 2. The Kier molecular flexibility index (Phi) is 11.6. The van der Waals surface area contributed by atoms with Crippen molar-refractivity contribution in [3.8, 4) is 23.0 Å². The lowest BCUT2D eigenvalue weighted by molar-refractivity contribution is -0.146. The van der Waals surface area contributed by atoms with Gasteiger partial charge in [-0.3, -0.25) is 0 Å². The van der Waals surface area contributed by atoms with E-state index in [1.54, 1.807) is 13.8 Å². The van der Waals surface area contributed by atoms with Crippen molar-refractivity contribution in [3.05, 3.63) is 113 Å². The molecule has 8 heteroatoms. The molecule has 0 aliphatic heterocycles. The first-order valence-electron chi connectivity index (χ1n) is 18.1. The van der Waals surface area contributed by atoms with Gasteiger partial charge in [0.25, 0.3) is 0 Å². The predicted molar refractivity (Wildman–Crippen MR) is 202 cm³/mol. The van der Waals surface area contributed by atoms with Gasteiger partial charge < -0.3 is 29.2 Å². The summed E-state index contributed by atoms with van der Waals surface area (Å²) in [7, 11) is 0. The Balaban J connectivity index is 1.84. The highest BCUT2D eigenvalue weighted by Crippen LogP contribution is 2.43. The first-order valence-corrected chi connectivity index (χ1v) is 18.1. The number of rotatable bonds is 8. The number of carbonyl (C=O) groups excluding carboxylic acids is 2. The molecule has 276 valence electrons. The summed E-state index contributed by atoms with van der Waals surface area (Å²) in [6, 6.07) is 8.15. The average molecular weight is 709 g/mol. The molecule has 0 saturated carbocycles. The van der Waals surface area contributed by atoms with Crippen molar-refractivity contribution in [2.24, 2.45) is 0 Å². The highest BCUT2D eigenvalue weighted by atomic mass is 16.6. The van der Waals surface area contributed by atoms with Crippen LogP contribution in [-0.4, -0.2) is 48.6 Å². The van der Waals surface area contributed by atoms with Crippen molar-refractivity contribution in [1.29, 1.82) is 0 Å². The van der Waals surface area contributed by atoms with E-state index in [1.165, 1.54) is 0 Å². The molecule has 4 aromatic carbocycles. The quantitative estimate of drug-likeness (QED) is 0.156. The lowest BCUT2D eigenvalue weighted by Crippen LogP contribution is -2.17. The number of hydrogen-bond donors (Lipinski definition) is 2. The largest absolute Gasteiger partial charge is 0.507 e. The third-order valence-corrected chi connectivity index (χ3v) is 10.8. The third kappa shape index (κ3) is 7.62.